The summed E-state index contributed by atoms with van der Waals surface area (Å²) in [5, 5.41) is 11.3. The van der Waals surface area contributed by atoms with Gasteiger partial charge in [0.1, 0.15) is 12.6 Å². The van der Waals surface area contributed by atoms with Crippen LogP contribution in [0.5, 0.6) is 0 Å². The number of aromatic nitrogens is 2. The molecular formula is C15H19N5O. The second kappa shape index (κ2) is 6.08. The largest absolute Gasteiger partial charge is 0.341 e. The highest BCUT2D eigenvalue weighted by Crippen LogP contribution is 2.41. The molecule has 6 heteroatoms. The van der Waals surface area contributed by atoms with Crippen LogP contribution < -0.4 is 10.2 Å². The van der Waals surface area contributed by atoms with Gasteiger partial charge in [0.15, 0.2) is 0 Å². The van der Waals surface area contributed by atoms with Gasteiger partial charge in [0.25, 0.3) is 0 Å². The number of nitriles is 1. The summed E-state index contributed by atoms with van der Waals surface area (Å²) >= 11 is 0. The smallest absolute Gasteiger partial charge is 0.243 e. The van der Waals surface area contributed by atoms with Gasteiger partial charge in [-0.2, -0.15) is 5.26 Å². The van der Waals surface area contributed by atoms with E-state index in [-0.39, 0.29) is 18.5 Å². The SMILES string of the molecule is N#CCNC(=O)[C@@H]1C[C@@H]2CCCC[C@H]2N1c1ncccn1. The third kappa shape index (κ3) is 2.68. The Morgan fingerprint density at radius 3 is 2.90 bits per heavy atom. The van der Waals surface area contributed by atoms with Crippen LogP contribution in [0.1, 0.15) is 32.1 Å². The lowest BCUT2D eigenvalue weighted by molar-refractivity contribution is -0.122. The standard InChI is InChI=1S/C15H19N5O/c16-6-9-17-14(21)13-10-11-4-1-2-5-12(11)20(13)15-18-7-3-8-19-15/h3,7-8,11-13H,1-2,4-5,9-10H2,(H,17,21)/t11-,12+,13-/m0/s1. The quantitative estimate of drug-likeness (QED) is 0.845. The Labute approximate surface area is 124 Å². The van der Waals surface area contributed by atoms with E-state index in [1.807, 2.05) is 6.07 Å². The van der Waals surface area contributed by atoms with Crippen molar-refractivity contribution in [3.05, 3.63) is 18.5 Å². The van der Waals surface area contributed by atoms with E-state index in [4.69, 9.17) is 5.26 Å². The third-order valence-electron chi connectivity index (χ3n) is 4.52. The number of fused-ring (bicyclic) bond motifs is 1. The maximum atomic E-state index is 12.4. The molecule has 0 spiro atoms. The molecular weight excluding hydrogens is 266 g/mol. The van der Waals surface area contributed by atoms with E-state index in [0.29, 0.717) is 17.9 Å². The zero-order valence-electron chi connectivity index (χ0n) is 11.9. The predicted molar refractivity (Wildman–Crippen MR) is 77.3 cm³/mol. The second-order valence-electron chi connectivity index (χ2n) is 5.70. The second-order valence-corrected chi connectivity index (χ2v) is 5.70. The van der Waals surface area contributed by atoms with Crippen molar-refractivity contribution in [3.8, 4) is 6.07 Å². The summed E-state index contributed by atoms with van der Waals surface area (Å²) in [6.07, 6.45) is 8.93. The van der Waals surface area contributed by atoms with Crippen molar-refractivity contribution in [2.75, 3.05) is 11.4 Å². The number of rotatable bonds is 3. The minimum absolute atomic E-state index is 0.0498. The fourth-order valence-corrected chi connectivity index (χ4v) is 3.65. The van der Waals surface area contributed by atoms with Gasteiger partial charge in [0.2, 0.25) is 11.9 Å². The van der Waals surface area contributed by atoms with Crippen molar-refractivity contribution < 1.29 is 4.79 Å². The van der Waals surface area contributed by atoms with Gasteiger partial charge in [-0.15, -0.1) is 0 Å². The summed E-state index contributed by atoms with van der Waals surface area (Å²) in [5.74, 6) is 1.07. The highest BCUT2D eigenvalue weighted by Gasteiger charge is 2.46. The average molecular weight is 285 g/mol. The first-order valence-corrected chi connectivity index (χ1v) is 7.51. The van der Waals surface area contributed by atoms with Crippen molar-refractivity contribution in [1.82, 2.24) is 15.3 Å². The first-order valence-electron chi connectivity index (χ1n) is 7.51. The van der Waals surface area contributed by atoms with E-state index in [2.05, 4.69) is 20.2 Å². The fraction of sp³-hybridized carbons (Fsp3) is 0.600. The summed E-state index contributed by atoms with van der Waals surface area (Å²) in [6, 6.07) is 3.83. The average Bonchev–Trinajstić information content (AvgIpc) is 2.93. The Morgan fingerprint density at radius 2 is 2.14 bits per heavy atom. The van der Waals surface area contributed by atoms with Crippen LogP contribution in [-0.4, -0.2) is 34.5 Å². The van der Waals surface area contributed by atoms with Crippen LogP contribution in [-0.2, 0) is 4.79 Å². The van der Waals surface area contributed by atoms with Gasteiger partial charge in [-0.3, -0.25) is 4.79 Å². The number of amides is 1. The van der Waals surface area contributed by atoms with Crippen molar-refractivity contribution in [1.29, 1.82) is 5.26 Å². The number of anilines is 1. The summed E-state index contributed by atoms with van der Waals surface area (Å²) in [7, 11) is 0. The molecule has 3 rings (SSSR count). The van der Waals surface area contributed by atoms with Crippen LogP contribution in [0.4, 0.5) is 5.95 Å². The van der Waals surface area contributed by atoms with Crippen LogP contribution in [0.25, 0.3) is 0 Å². The molecule has 0 unspecified atom stereocenters. The van der Waals surface area contributed by atoms with Crippen LogP contribution >= 0.6 is 0 Å². The molecule has 1 aliphatic carbocycles. The minimum Gasteiger partial charge on any atom is -0.341 e. The van der Waals surface area contributed by atoms with E-state index in [1.165, 1.54) is 12.8 Å². The minimum atomic E-state index is -0.256. The number of nitrogens with one attached hydrogen (secondary N) is 1. The highest BCUT2D eigenvalue weighted by atomic mass is 16.2. The summed E-state index contributed by atoms with van der Waals surface area (Å²) < 4.78 is 0. The Balaban J connectivity index is 1.86. The molecule has 0 radical (unpaired) electrons. The molecule has 2 fully saturated rings. The molecule has 0 aromatic carbocycles. The van der Waals surface area contributed by atoms with Crippen molar-refractivity contribution in [3.63, 3.8) is 0 Å². The first-order chi connectivity index (χ1) is 10.3. The maximum Gasteiger partial charge on any atom is 0.243 e. The fourth-order valence-electron chi connectivity index (χ4n) is 3.65. The Hall–Kier alpha value is -2.16. The summed E-state index contributed by atoms with van der Waals surface area (Å²) in [6.45, 7) is 0.0498. The van der Waals surface area contributed by atoms with Crippen molar-refractivity contribution in [2.24, 2.45) is 5.92 Å². The maximum absolute atomic E-state index is 12.4. The molecule has 1 saturated heterocycles. The highest BCUT2D eigenvalue weighted by molar-refractivity contribution is 5.85. The Kier molecular flexibility index (Phi) is 4.00. The van der Waals surface area contributed by atoms with E-state index >= 15 is 0 Å². The summed E-state index contributed by atoms with van der Waals surface area (Å²) in [4.78, 5) is 23.1. The molecule has 1 saturated carbocycles. The van der Waals surface area contributed by atoms with Crippen LogP contribution in [0.3, 0.4) is 0 Å². The predicted octanol–water partition coefficient (Wildman–Crippen LogP) is 1.25. The molecule has 1 aromatic heterocycles. The van der Waals surface area contributed by atoms with Crippen molar-refractivity contribution in [2.45, 2.75) is 44.2 Å². The van der Waals surface area contributed by atoms with E-state index < -0.39 is 0 Å². The molecule has 6 nitrogen and oxygen atoms in total. The molecule has 1 N–H and O–H groups in total. The topological polar surface area (TPSA) is 81.9 Å². The van der Waals surface area contributed by atoms with Crippen molar-refractivity contribution >= 4 is 11.9 Å². The Bertz CT molecular complexity index is 541. The molecule has 2 heterocycles. The molecule has 1 aliphatic heterocycles. The monoisotopic (exact) mass is 285 g/mol. The first kappa shape index (κ1) is 13.8. The number of hydrogen-bond donors (Lipinski definition) is 1. The number of nitrogens with zero attached hydrogens (tertiary/aromatic N) is 4. The molecule has 1 amide bonds. The summed E-state index contributed by atoms with van der Waals surface area (Å²) in [5.41, 5.74) is 0. The van der Waals surface area contributed by atoms with E-state index in [0.717, 1.165) is 19.3 Å². The lowest BCUT2D eigenvalue weighted by Crippen LogP contribution is -2.47. The molecule has 110 valence electrons. The molecule has 0 bridgehead atoms. The number of carbonyl (C=O) groups excluding carboxylic acids is 1. The van der Waals surface area contributed by atoms with Gasteiger partial charge in [-0.25, -0.2) is 9.97 Å². The molecule has 1 aromatic rings. The van der Waals surface area contributed by atoms with Gasteiger partial charge in [0.05, 0.1) is 6.07 Å². The van der Waals surface area contributed by atoms with Crippen LogP contribution in [0, 0.1) is 17.2 Å². The lowest BCUT2D eigenvalue weighted by atomic mass is 9.85. The Morgan fingerprint density at radius 1 is 1.38 bits per heavy atom. The zero-order valence-corrected chi connectivity index (χ0v) is 11.9. The van der Waals surface area contributed by atoms with E-state index in [1.54, 1.807) is 18.5 Å². The van der Waals surface area contributed by atoms with Gasteiger partial charge in [-0.05, 0) is 31.2 Å². The molecule has 21 heavy (non-hydrogen) atoms. The van der Waals surface area contributed by atoms with Gasteiger partial charge < -0.3 is 10.2 Å². The third-order valence-corrected chi connectivity index (χ3v) is 4.52. The van der Waals surface area contributed by atoms with Gasteiger partial charge in [0, 0.05) is 18.4 Å². The van der Waals surface area contributed by atoms with Crippen LogP contribution in [0.2, 0.25) is 0 Å². The molecule has 3 atom stereocenters. The number of hydrogen-bond acceptors (Lipinski definition) is 5. The van der Waals surface area contributed by atoms with Crippen LogP contribution in [0.15, 0.2) is 18.5 Å². The normalized spacial score (nSPS) is 27.8. The van der Waals surface area contributed by atoms with E-state index in [9.17, 15) is 4.79 Å². The van der Waals surface area contributed by atoms with Gasteiger partial charge in [-0.1, -0.05) is 12.8 Å². The lowest BCUT2D eigenvalue weighted by Gasteiger charge is -2.33. The zero-order chi connectivity index (χ0) is 14.7. The molecule has 2 aliphatic rings. The number of carbonyl (C=O) groups is 1. The van der Waals surface area contributed by atoms with Gasteiger partial charge >= 0.3 is 0 Å².